The Balaban J connectivity index is 1.45. The molecule has 39 heavy (non-hydrogen) atoms. The van der Waals surface area contributed by atoms with E-state index in [-0.39, 0.29) is 43.7 Å². The average Bonchev–Trinajstić information content (AvgIpc) is 3.32. The molecule has 1 unspecified atom stereocenters. The number of carbonyl (C=O) groups is 2. The van der Waals surface area contributed by atoms with Crippen molar-refractivity contribution in [3.05, 3.63) is 47.5 Å². The van der Waals surface area contributed by atoms with E-state index in [0.717, 1.165) is 10.9 Å². The van der Waals surface area contributed by atoms with Gasteiger partial charge in [-0.2, -0.15) is 18.3 Å². The molecular weight excluding hydrogens is 513 g/mol. The highest BCUT2D eigenvalue weighted by Crippen LogP contribution is 2.67. The number of carboxylic acids is 1. The fourth-order valence-corrected chi connectivity index (χ4v) is 6.91. The van der Waals surface area contributed by atoms with E-state index in [1.807, 2.05) is 0 Å². The Morgan fingerprint density at radius 3 is 2.33 bits per heavy atom. The zero-order valence-corrected chi connectivity index (χ0v) is 22.4. The standard InChI is InChI=1S/C28H35F3N4O4/c1-26(2)19-12-17(13-20(19)26)34(15-22(36)21-6-4-5-11-32-21)24(37)18-14-33-35(23(18)28(29,30)31)16-7-9-27(3,10-8-16)25(38)39/h4-6,11,14,16-17,19-20,22,36H,7-10,12-13,15H2,1-3H3,(H,38,39)/t16?,17-,19+,20-,22?,27?. The van der Waals surface area contributed by atoms with E-state index >= 15 is 0 Å². The Labute approximate surface area is 225 Å². The van der Waals surface area contributed by atoms with Crippen molar-refractivity contribution in [2.24, 2.45) is 22.7 Å². The number of alkyl halides is 3. The Bertz CT molecular complexity index is 1220. The summed E-state index contributed by atoms with van der Waals surface area (Å²) < 4.78 is 44.3. The van der Waals surface area contributed by atoms with Gasteiger partial charge in [-0.1, -0.05) is 19.9 Å². The average molecular weight is 549 g/mol. The maximum Gasteiger partial charge on any atom is 0.433 e. The number of aliphatic hydroxyl groups excluding tert-OH is 1. The van der Waals surface area contributed by atoms with Crippen LogP contribution in [0, 0.1) is 22.7 Å². The van der Waals surface area contributed by atoms with Crippen LogP contribution in [-0.2, 0) is 11.0 Å². The number of carbonyl (C=O) groups excluding carboxylic acids is 1. The Morgan fingerprint density at radius 2 is 1.79 bits per heavy atom. The number of aromatic nitrogens is 3. The van der Waals surface area contributed by atoms with Crippen LogP contribution in [0.5, 0.6) is 0 Å². The van der Waals surface area contributed by atoms with Crippen LogP contribution in [0.15, 0.2) is 30.6 Å². The van der Waals surface area contributed by atoms with E-state index in [0.29, 0.717) is 30.4 Å². The molecular formula is C28H35F3N4O4. The minimum atomic E-state index is -4.85. The Kier molecular flexibility index (Phi) is 6.80. The second-order valence-electron chi connectivity index (χ2n) is 12.3. The topological polar surface area (TPSA) is 109 Å². The zero-order valence-electron chi connectivity index (χ0n) is 22.4. The Morgan fingerprint density at radius 1 is 1.15 bits per heavy atom. The van der Waals surface area contributed by atoms with E-state index in [1.165, 1.54) is 11.1 Å². The van der Waals surface area contributed by atoms with Crippen molar-refractivity contribution < 1.29 is 33.0 Å². The fraction of sp³-hybridized carbons (Fsp3) is 0.643. The number of fused-ring (bicyclic) bond motifs is 1. The minimum Gasteiger partial charge on any atom is -0.481 e. The van der Waals surface area contributed by atoms with Crippen LogP contribution >= 0.6 is 0 Å². The molecule has 3 saturated carbocycles. The van der Waals surface area contributed by atoms with Crippen LogP contribution in [0.4, 0.5) is 13.2 Å². The molecule has 3 aliphatic carbocycles. The maximum atomic E-state index is 14.5. The van der Waals surface area contributed by atoms with Crippen molar-refractivity contribution in [3.63, 3.8) is 0 Å². The molecule has 2 aromatic heterocycles. The van der Waals surface area contributed by atoms with E-state index in [2.05, 4.69) is 23.9 Å². The van der Waals surface area contributed by atoms with Crippen molar-refractivity contribution >= 4 is 11.9 Å². The summed E-state index contributed by atoms with van der Waals surface area (Å²) in [6.45, 7) is 5.76. The van der Waals surface area contributed by atoms with Gasteiger partial charge in [0.1, 0.15) is 6.10 Å². The lowest BCUT2D eigenvalue weighted by atomic mass is 9.74. The highest BCUT2D eigenvalue weighted by molar-refractivity contribution is 5.95. The van der Waals surface area contributed by atoms with Crippen molar-refractivity contribution in [3.8, 4) is 0 Å². The first kappa shape index (κ1) is 27.6. The molecule has 1 amide bonds. The molecule has 2 aromatic rings. The molecule has 8 nitrogen and oxygen atoms in total. The second-order valence-corrected chi connectivity index (χ2v) is 12.3. The van der Waals surface area contributed by atoms with Gasteiger partial charge >= 0.3 is 12.1 Å². The predicted molar refractivity (Wildman–Crippen MR) is 134 cm³/mol. The first-order valence-corrected chi connectivity index (χ1v) is 13.5. The van der Waals surface area contributed by atoms with Crippen LogP contribution < -0.4 is 0 Å². The summed E-state index contributed by atoms with van der Waals surface area (Å²) in [5.74, 6) is -0.993. The summed E-state index contributed by atoms with van der Waals surface area (Å²) in [6, 6.07) is 4.06. The fourth-order valence-electron chi connectivity index (χ4n) is 6.91. The van der Waals surface area contributed by atoms with Crippen LogP contribution in [0.25, 0.3) is 0 Å². The zero-order chi connectivity index (χ0) is 28.3. The molecule has 0 saturated heterocycles. The molecule has 4 atom stereocenters. The number of aliphatic hydroxyl groups is 1. The molecule has 5 rings (SSSR count). The van der Waals surface area contributed by atoms with Crippen molar-refractivity contribution in [2.45, 2.75) is 83.7 Å². The van der Waals surface area contributed by atoms with Gasteiger partial charge in [-0.05, 0) is 74.8 Å². The van der Waals surface area contributed by atoms with Gasteiger partial charge in [0, 0.05) is 12.2 Å². The van der Waals surface area contributed by atoms with E-state index in [4.69, 9.17) is 0 Å². The van der Waals surface area contributed by atoms with Gasteiger partial charge in [-0.25, -0.2) is 0 Å². The van der Waals surface area contributed by atoms with Crippen LogP contribution in [0.1, 0.15) is 93.2 Å². The molecule has 2 N–H and O–H groups in total. The number of aliphatic carboxylic acids is 1. The highest BCUT2D eigenvalue weighted by Gasteiger charge is 2.63. The van der Waals surface area contributed by atoms with Crippen molar-refractivity contribution in [2.75, 3.05) is 6.54 Å². The lowest BCUT2D eigenvalue weighted by Crippen LogP contribution is -2.43. The third-order valence-electron chi connectivity index (χ3n) is 9.66. The highest BCUT2D eigenvalue weighted by atomic mass is 19.4. The van der Waals surface area contributed by atoms with E-state index in [1.54, 1.807) is 25.1 Å². The number of carboxylic acid groups (broad SMARTS) is 1. The summed E-state index contributed by atoms with van der Waals surface area (Å²) in [7, 11) is 0. The molecule has 2 heterocycles. The smallest absolute Gasteiger partial charge is 0.433 e. The number of halogens is 3. The number of hydrogen-bond acceptors (Lipinski definition) is 5. The number of pyridine rings is 1. The minimum absolute atomic E-state index is 0.151. The number of amides is 1. The van der Waals surface area contributed by atoms with Gasteiger partial charge in [-0.3, -0.25) is 19.3 Å². The van der Waals surface area contributed by atoms with Gasteiger partial charge in [0.2, 0.25) is 0 Å². The molecule has 0 radical (unpaired) electrons. The predicted octanol–water partition coefficient (Wildman–Crippen LogP) is 5.11. The summed E-state index contributed by atoms with van der Waals surface area (Å²) in [4.78, 5) is 31.1. The molecule has 0 spiro atoms. The first-order chi connectivity index (χ1) is 18.2. The Hall–Kier alpha value is -2.95. The van der Waals surface area contributed by atoms with E-state index < -0.39 is 46.9 Å². The third-order valence-corrected chi connectivity index (χ3v) is 9.66. The molecule has 0 bridgehead atoms. The summed E-state index contributed by atoms with van der Waals surface area (Å²) in [6.07, 6.45) is -1.30. The van der Waals surface area contributed by atoms with Gasteiger partial charge in [0.05, 0.1) is 35.5 Å². The van der Waals surface area contributed by atoms with Gasteiger partial charge in [0.15, 0.2) is 5.69 Å². The second kappa shape index (κ2) is 9.60. The van der Waals surface area contributed by atoms with Gasteiger partial charge < -0.3 is 15.1 Å². The summed E-state index contributed by atoms with van der Waals surface area (Å²) >= 11 is 0. The quantitative estimate of drug-likeness (QED) is 0.498. The molecule has 212 valence electrons. The lowest BCUT2D eigenvalue weighted by molar-refractivity contribution is -0.152. The molecule has 3 fully saturated rings. The normalized spacial score (nSPS) is 30.4. The first-order valence-electron chi connectivity index (χ1n) is 13.5. The lowest BCUT2D eigenvalue weighted by Gasteiger charge is -2.35. The number of hydrogen-bond donors (Lipinski definition) is 2. The van der Waals surface area contributed by atoms with Crippen LogP contribution in [0.3, 0.4) is 0 Å². The largest absolute Gasteiger partial charge is 0.481 e. The summed E-state index contributed by atoms with van der Waals surface area (Å²) in [5, 5.41) is 24.5. The molecule has 0 aromatic carbocycles. The third kappa shape index (κ3) is 4.94. The van der Waals surface area contributed by atoms with Crippen molar-refractivity contribution in [1.82, 2.24) is 19.7 Å². The summed E-state index contributed by atoms with van der Waals surface area (Å²) in [5.41, 5.74) is -2.15. The van der Waals surface area contributed by atoms with Crippen molar-refractivity contribution in [1.29, 1.82) is 0 Å². The molecule has 0 aliphatic heterocycles. The van der Waals surface area contributed by atoms with Gasteiger partial charge in [0.25, 0.3) is 5.91 Å². The maximum absolute atomic E-state index is 14.5. The van der Waals surface area contributed by atoms with E-state index in [9.17, 15) is 33.0 Å². The number of rotatable bonds is 7. The molecule has 3 aliphatic rings. The van der Waals surface area contributed by atoms with Crippen LogP contribution in [-0.4, -0.2) is 54.3 Å². The van der Waals surface area contributed by atoms with Crippen LogP contribution in [0.2, 0.25) is 0 Å². The monoisotopic (exact) mass is 548 g/mol. The van der Waals surface area contributed by atoms with Gasteiger partial charge in [-0.15, -0.1) is 0 Å². The number of nitrogens with zero attached hydrogens (tertiary/aromatic N) is 4. The molecule has 11 heteroatoms. The SMILES string of the molecule is CC1(C(=O)O)CCC(n2ncc(C(=O)N(CC(O)c3ccccn3)[C@H]3C[C@@H]4[C@H](C3)C4(C)C)c2C(F)(F)F)CC1.